The lowest BCUT2D eigenvalue weighted by atomic mass is 10.0. The van der Waals surface area contributed by atoms with Gasteiger partial charge >= 0.3 is 0 Å². The molecule has 1 saturated carbocycles. The Hall–Kier alpha value is -2.75. The fourth-order valence-electron chi connectivity index (χ4n) is 4.27. The number of aliphatic hydroxyl groups excluding tert-OH is 2. The highest BCUT2D eigenvalue weighted by Crippen LogP contribution is 2.37. The van der Waals surface area contributed by atoms with Crippen molar-refractivity contribution in [2.75, 3.05) is 37.0 Å². The van der Waals surface area contributed by atoms with Gasteiger partial charge < -0.3 is 30.0 Å². The number of aliphatic hydroxyl groups is 2. The van der Waals surface area contributed by atoms with Gasteiger partial charge in [-0.25, -0.2) is 9.97 Å². The van der Waals surface area contributed by atoms with E-state index in [2.05, 4.69) is 20.6 Å². The van der Waals surface area contributed by atoms with Crippen LogP contribution in [0, 0.1) is 18.8 Å². The molecule has 9 nitrogen and oxygen atoms in total. The molecule has 0 radical (unpaired) electrons. The van der Waals surface area contributed by atoms with Crippen LogP contribution < -0.4 is 10.6 Å². The molecule has 172 valence electrons. The Morgan fingerprint density at radius 2 is 2.03 bits per heavy atom. The molecule has 3 aromatic rings. The first kappa shape index (κ1) is 22.4. The predicted octanol–water partition coefficient (Wildman–Crippen LogP) is 2.83. The second-order valence-corrected chi connectivity index (χ2v) is 8.25. The van der Waals surface area contributed by atoms with Gasteiger partial charge in [0.05, 0.1) is 18.4 Å². The molecule has 0 aliphatic heterocycles. The molecule has 2 heterocycles. The molecule has 9 heteroatoms. The molecule has 4 N–H and O–H groups in total. The summed E-state index contributed by atoms with van der Waals surface area (Å²) in [6, 6.07) is 7.54. The molecule has 0 saturated heterocycles. The number of aromatic nitrogens is 3. The minimum absolute atomic E-state index is 0.0469. The maximum Gasteiger partial charge on any atom is 0.232 e. The van der Waals surface area contributed by atoms with Crippen LogP contribution in [0.2, 0.25) is 0 Å². The Morgan fingerprint density at radius 1 is 1.22 bits per heavy atom. The quantitative estimate of drug-likeness (QED) is 0.371. The number of anilines is 2. The van der Waals surface area contributed by atoms with E-state index in [9.17, 15) is 10.2 Å². The molecule has 1 aliphatic carbocycles. The second-order valence-electron chi connectivity index (χ2n) is 8.25. The first-order chi connectivity index (χ1) is 15.5. The lowest BCUT2D eigenvalue weighted by molar-refractivity contribution is 0.0655. The normalized spacial score (nSPS) is 23.0. The molecule has 4 unspecified atom stereocenters. The summed E-state index contributed by atoms with van der Waals surface area (Å²) in [4.78, 5) is 14.0. The molecule has 0 bridgehead atoms. The van der Waals surface area contributed by atoms with Crippen LogP contribution in [0.4, 0.5) is 11.8 Å². The van der Waals surface area contributed by atoms with E-state index in [-0.39, 0.29) is 24.5 Å². The van der Waals surface area contributed by atoms with Crippen LogP contribution in [-0.2, 0) is 4.74 Å². The number of oxazole rings is 1. The fraction of sp³-hybridized carbons (Fsp3) is 0.522. The van der Waals surface area contributed by atoms with Gasteiger partial charge in [0.2, 0.25) is 11.8 Å². The van der Waals surface area contributed by atoms with E-state index < -0.39 is 6.10 Å². The highest BCUT2D eigenvalue weighted by molar-refractivity contribution is 5.80. The Morgan fingerprint density at radius 3 is 2.75 bits per heavy atom. The van der Waals surface area contributed by atoms with Crippen molar-refractivity contribution in [2.24, 2.45) is 11.8 Å². The van der Waals surface area contributed by atoms with Crippen LogP contribution in [0.3, 0.4) is 0 Å². The van der Waals surface area contributed by atoms with Crippen LogP contribution in [0.1, 0.15) is 26.0 Å². The van der Waals surface area contributed by atoms with Crippen molar-refractivity contribution in [2.45, 2.75) is 39.3 Å². The second kappa shape index (κ2) is 9.81. The molecular weight excluding hydrogens is 410 g/mol. The number of para-hydroxylation sites is 2. The van der Waals surface area contributed by atoms with Crippen molar-refractivity contribution in [3.63, 3.8) is 0 Å². The summed E-state index contributed by atoms with van der Waals surface area (Å²) in [5.41, 5.74) is 2.86. The summed E-state index contributed by atoms with van der Waals surface area (Å²) < 4.78 is 11.4. The Kier molecular flexibility index (Phi) is 6.88. The van der Waals surface area contributed by atoms with Gasteiger partial charge in [-0.15, -0.1) is 0 Å². The molecule has 1 fully saturated rings. The van der Waals surface area contributed by atoms with E-state index in [1.54, 1.807) is 0 Å². The zero-order valence-electron chi connectivity index (χ0n) is 18.7. The Labute approximate surface area is 187 Å². The Balaban J connectivity index is 1.69. The fourth-order valence-corrected chi connectivity index (χ4v) is 4.27. The van der Waals surface area contributed by atoms with Gasteiger partial charge in [-0.2, -0.15) is 4.98 Å². The number of rotatable bonds is 9. The summed E-state index contributed by atoms with van der Waals surface area (Å²) in [5, 5.41) is 26.8. The molecular formula is C23H31N5O4. The average molecular weight is 442 g/mol. The van der Waals surface area contributed by atoms with E-state index >= 15 is 0 Å². The zero-order valence-corrected chi connectivity index (χ0v) is 18.7. The summed E-state index contributed by atoms with van der Waals surface area (Å²) in [6.45, 7) is 7.57. The molecule has 1 aromatic carbocycles. The van der Waals surface area contributed by atoms with Gasteiger partial charge in [-0.05, 0) is 32.4 Å². The first-order valence-corrected chi connectivity index (χ1v) is 11.1. The summed E-state index contributed by atoms with van der Waals surface area (Å²) in [5.74, 6) is 1.30. The van der Waals surface area contributed by atoms with Crippen molar-refractivity contribution < 1.29 is 19.4 Å². The standard InChI is InChI=1S/C23H31N5O4/c1-4-31-10-9-24-23-25-14(3)19(22-27-16-7-5-6-8-18(16)32-22)21(28-23)26-17-11-15(12-29)20(30)13(17)2/h5-8,13,15,17,20,29-30H,4,9-12H2,1-3H3,(H2,24,25,26,28). The molecule has 4 atom stereocenters. The van der Waals surface area contributed by atoms with Crippen molar-refractivity contribution in [3.05, 3.63) is 30.0 Å². The van der Waals surface area contributed by atoms with Crippen molar-refractivity contribution in [1.82, 2.24) is 15.0 Å². The summed E-state index contributed by atoms with van der Waals surface area (Å²) >= 11 is 0. The number of nitrogens with one attached hydrogen (secondary N) is 2. The van der Waals surface area contributed by atoms with Crippen molar-refractivity contribution in [3.8, 4) is 11.5 Å². The van der Waals surface area contributed by atoms with E-state index in [1.807, 2.05) is 45.0 Å². The lowest BCUT2D eigenvalue weighted by Gasteiger charge is -2.22. The van der Waals surface area contributed by atoms with Gasteiger partial charge in [-0.3, -0.25) is 0 Å². The van der Waals surface area contributed by atoms with E-state index in [1.165, 1.54) is 0 Å². The monoisotopic (exact) mass is 441 g/mol. The number of benzene rings is 1. The smallest absolute Gasteiger partial charge is 0.232 e. The number of aryl methyl sites for hydroxylation is 1. The lowest BCUT2D eigenvalue weighted by Crippen LogP contribution is -2.28. The predicted molar refractivity (Wildman–Crippen MR) is 123 cm³/mol. The zero-order chi connectivity index (χ0) is 22.7. The van der Waals surface area contributed by atoms with Crippen LogP contribution in [0.25, 0.3) is 22.6 Å². The van der Waals surface area contributed by atoms with Gasteiger partial charge in [-0.1, -0.05) is 19.1 Å². The maximum absolute atomic E-state index is 10.5. The molecule has 1 aliphatic rings. The van der Waals surface area contributed by atoms with Crippen LogP contribution in [-0.4, -0.2) is 63.7 Å². The van der Waals surface area contributed by atoms with E-state index in [0.717, 1.165) is 11.2 Å². The molecule has 32 heavy (non-hydrogen) atoms. The molecule has 0 amide bonds. The van der Waals surface area contributed by atoms with Gasteiger partial charge in [0.25, 0.3) is 0 Å². The third-order valence-electron chi connectivity index (χ3n) is 6.10. The minimum atomic E-state index is -0.572. The first-order valence-electron chi connectivity index (χ1n) is 11.1. The van der Waals surface area contributed by atoms with Crippen LogP contribution in [0.15, 0.2) is 28.7 Å². The van der Waals surface area contributed by atoms with Crippen LogP contribution in [0.5, 0.6) is 0 Å². The number of hydrogen-bond donors (Lipinski definition) is 4. The molecule has 2 aromatic heterocycles. The van der Waals surface area contributed by atoms with E-state index in [0.29, 0.717) is 55.0 Å². The topological polar surface area (TPSA) is 126 Å². The minimum Gasteiger partial charge on any atom is -0.436 e. The molecule has 0 spiro atoms. The highest BCUT2D eigenvalue weighted by atomic mass is 16.5. The highest BCUT2D eigenvalue weighted by Gasteiger charge is 2.40. The van der Waals surface area contributed by atoms with E-state index in [4.69, 9.17) is 14.1 Å². The number of ether oxygens (including phenoxy) is 1. The number of fused-ring (bicyclic) bond motifs is 1. The molecule has 4 rings (SSSR count). The largest absolute Gasteiger partial charge is 0.436 e. The van der Waals surface area contributed by atoms with Crippen molar-refractivity contribution >= 4 is 22.9 Å². The SMILES string of the molecule is CCOCCNc1nc(C)c(-c2nc3ccccc3o2)c(NC2CC(CO)C(O)C2C)n1. The third-order valence-corrected chi connectivity index (χ3v) is 6.10. The maximum atomic E-state index is 10.5. The third kappa shape index (κ3) is 4.55. The average Bonchev–Trinajstić information content (AvgIpc) is 3.32. The number of hydrogen-bond acceptors (Lipinski definition) is 9. The van der Waals surface area contributed by atoms with Gasteiger partial charge in [0, 0.05) is 37.6 Å². The van der Waals surface area contributed by atoms with Crippen molar-refractivity contribution in [1.29, 1.82) is 0 Å². The summed E-state index contributed by atoms with van der Waals surface area (Å²) in [6.07, 6.45) is 0.0686. The van der Waals surface area contributed by atoms with Crippen LogP contribution >= 0.6 is 0 Å². The van der Waals surface area contributed by atoms with Gasteiger partial charge in [0.15, 0.2) is 5.58 Å². The number of nitrogens with zero attached hydrogens (tertiary/aromatic N) is 3. The Bertz CT molecular complexity index is 1020. The van der Waals surface area contributed by atoms with Gasteiger partial charge in [0.1, 0.15) is 16.9 Å². The summed E-state index contributed by atoms with van der Waals surface area (Å²) in [7, 11) is 0.